The van der Waals surface area contributed by atoms with E-state index in [1.165, 1.54) is 5.56 Å². The van der Waals surface area contributed by atoms with Crippen molar-refractivity contribution in [1.29, 1.82) is 0 Å². The second-order valence-corrected chi connectivity index (χ2v) is 8.50. The van der Waals surface area contributed by atoms with Crippen LogP contribution in [0.15, 0.2) is 24.3 Å². The Kier molecular flexibility index (Phi) is 5.04. The molecule has 3 aliphatic rings. The van der Waals surface area contributed by atoms with Gasteiger partial charge in [-0.25, -0.2) is 0 Å². The molecule has 0 aliphatic carbocycles. The number of carbonyl (C=O) groups is 1. The third-order valence-electron chi connectivity index (χ3n) is 6.41. The van der Waals surface area contributed by atoms with Crippen molar-refractivity contribution in [2.45, 2.75) is 44.8 Å². The van der Waals surface area contributed by atoms with Crippen molar-refractivity contribution in [1.82, 2.24) is 9.80 Å². The zero-order valence-corrected chi connectivity index (χ0v) is 15.7. The summed E-state index contributed by atoms with van der Waals surface area (Å²) < 4.78 is 6.11. The van der Waals surface area contributed by atoms with Gasteiger partial charge in [0.15, 0.2) is 0 Å². The van der Waals surface area contributed by atoms with Crippen molar-refractivity contribution in [2.24, 2.45) is 5.41 Å². The predicted octanol–water partition coefficient (Wildman–Crippen LogP) is 2.07. The molecular formula is C21H30N2O3. The van der Waals surface area contributed by atoms with Crippen LogP contribution in [0, 0.1) is 12.3 Å². The van der Waals surface area contributed by atoms with E-state index in [1.807, 2.05) is 36.1 Å². The molecule has 5 heteroatoms. The smallest absolute Gasteiger partial charge is 0.253 e. The van der Waals surface area contributed by atoms with Gasteiger partial charge in [-0.05, 0) is 50.2 Å². The number of hydrogen-bond donors (Lipinski definition) is 1. The zero-order chi connectivity index (χ0) is 18.1. The normalized spacial score (nSPS) is 28.8. The molecule has 3 saturated heterocycles. The fourth-order valence-corrected chi connectivity index (χ4v) is 4.69. The van der Waals surface area contributed by atoms with Gasteiger partial charge in [0.2, 0.25) is 0 Å². The van der Waals surface area contributed by atoms with Crippen LogP contribution < -0.4 is 0 Å². The van der Waals surface area contributed by atoms with Gasteiger partial charge in [0.05, 0.1) is 18.8 Å². The number of hydrogen-bond acceptors (Lipinski definition) is 4. The average molecular weight is 358 g/mol. The Labute approximate surface area is 155 Å². The molecule has 0 unspecified atom stereocenters. The summed E-state index contributed by atoms with van der Waals surface area (Å²) in [7, 11) is 0. The number of carbonyl (C=O) groups excluding carboxylic acids is 1. The van der Waals surface area contributed by atoms with Crippen LogP contribution >= 0.6 is 0 Å². The Morgan fingerprint density at radius 3 is 2.62 bits per heavy atom. The monoisotopic (exact) mass is 358 g/mol. The largest absolute Gasteiger partial charge is 0.392 e. The van der Waals surface area contributed by atoms with Crippen LogP contribution in [-0.2, 0) is 4.74 Å². The molecule has 3 aliphatic heterocycles. The number of β-amino-alcohol motifs (C(OH)–C–C–N with tert-alkyl or cyclic N) is 1. The Morgan fingerprint density at radius 1 is 1.23 bits per heavy atom. The number of piperidine rings is 1. The van der Waals surface area contributed by atoms with Gasteiger partial charge in [0.25, 0.3) is 5.91 Å². The highest BCUT2D eigenvalue weighted by Gasteiger charge is 2.43. The Morgan fingerprint density at radius 2 is 1.96 bits per heavy atom. The molecule has 1 aromatic rings. The first-order chi connectivity index (χ1) is 12.5. The topological polar surface area (TPSA) is 53.0 Å². The van der Waals surface area contributed by atoms with Crippen LogP contribution in [0.25, 0.3) is 0 Å². The highest BCUT2D eigenvalue weighted by Crippen LogP contribution is 2.42. The van der Waals surface area contributed by atoms with E-state index in [4.69, 9.17) is 4.74 Å². The molecule has 3 heterocycles. The van der Waals surface area contributed by atoms with E-state index < -0.39 is 0 Å². The van der Waals surface area contributed by atoms with Crippen molar-refractivity contribution in [3.63, 3.8) is 0 Å². The summed E-state index contributed by atoms with van der Waals surface area (Å²) in [5, 5.41) is 9.69. The number of ether oxygens (including phenoxy) is 1. The number of amides is 1. The molecule has 142 valence electrons. The van der Waals surface area contributed by atoms with Crippen LogP contribution in [0.1, 0.15) is 41.6 Å². The molecule has 1 amide bonds. The first-order valence-electron chi connectivity index (χ1n) is 9.91. The van der Waals surface area contributed by atoms with E-state index in [2.05, 4.69) is 4.90 Å². The highest BCUT2D eigenvalue weighted by molar-refractivity contribution is 5.94. The Hall–Kier alpha value is -1.43. The first-order valence-corrected chi connectivity index (χ1v) is 9.91. The van der Waals surface area contributed by atoms with E-state index in [-0.39, 0.29) is 23.5 Å². The van der Waals surface area contributed by atoms with E-state index in [0.717, 1.165) is 70.6 Å². The number of benzene rings is 1. The lowest BCUT2D eigenvalue weighted by atomic mass is 9.76. The van der Waals surface area contributed by atoms with Crippen molar-refractivity contribution in [3.8, 4) is 0 Å². The highest BCUT2D eigenvalue weighted by atomic mass is 16.5. The van der Waals surface area contributed by atoms with Gasteiger partial charge < -0.3 is 14.7 Å². The van der Waals surface area contributed by atoms with Gasteiger partial charge in [0.1, 0.15) is 0 Å². The lowest BCUT2D eigenvalue weighted by molar-refractivity contribution is 0.0451. The molecule has 0 radical (unpaired) electrons. The molecule has 1 aromatic carbocycles. The summed E-state index contributed by atoms with van der Waals surface area (Å²) in [5.74, 6) is 0.154. The molecule has 0 aromatic heterocycles. The number of aliphatic hydroxyl groups excluding tert-OH is 1. The maximum absolute atomic E-state index is 12.7. The third-order valence-corrected chi connectivity index (χ3v) is 6.41. The van der Waals surface area contributed by atoms with Crippen molar-refractivity contribution >= 4 is 5.91 Å². The minimum absolute atomic E-state index is 0.154. The number of likely N-dealkylation sites (tertiary alicyclic amines) is 2. The molecular weight excluding hydrogens is 328 g/mol. The summed E-state index contributed by atoms with van der Waals surface area (Å²) >= 11 is 0. The van der Waals surface area contributed by atoms with Crippen molar-refractivity contribution in [3.05, 3.63) is 35.4 Å². The van der Waals surface area contributed by atoms with Gasteiger partial charge in [0, 0.05) is 38.3 Å². The van der Waals surface area contributed by atoms with Crippen LogP contribution in [0.4, 0.5) is 0 Å². The van der Waals surface area contributed by atoms with Crippen LogP contribution in [-0.4, -0.2) is 72.4 Å². The van der Waals surface area contributed by atoms with Crippen LogP contribution in [0.5, 0.6) is 0 Å². The van der Waals surface area contributed by atoms with Crippen molar-refractivity contribution < 1.29 is 14.6 Å². The van der Waals surface area contributed by atoms with Gasteiger partial charge in [-0.15, -0.1) is 0 Å². The van der Waals surface area contributed by atoms with Gasteiger partial charge in [-0.2, -0.15) is 0 Å². The quantitative estimate of drug-likeness (QED) is 0.899. The second-order valence-electron chi connectivity index (χ2n) is 8.50. The second kappa shape index (κ2) is 7.29. The first kappa shape index (κ1) is 18.0. The summed E-state index contributed by atoms with van der Waals surface area (Å²) in [4.78, 5) is 17.0. The summed E-state index contributed by atoms with van der Waals surface area (Å²) in [6.45, 7) is 7.21. The van der Waals surface area contributed by atoms with E-state index in [1.54, 1.807) is 0 Å². The van der Waals surface area contributed by atoms with Gasteiger partial charge in [-0.3, -0.25) is 9.69 Å². The molecule has 3 fully saturated rings. The fraction of sp³-hybridized carbons (Fsp3) is 0.667. The predicted molar refractivity (Wildman–Crippen MR) is 100 cm³/mol. The summed E-state index contributed by atoms with van der Waals surface area (Å²) in [5.41, 5.74) is 2.21. The summed E-state index contributed by atoms with van der Waals surface area (Å²) in [6, 6.07) is 7.87. The number of rotatable bonds is 3. The maximum atomic E-state index is 12.7. The van der Waals surface area contributed by atoms with Crippen molar-refractivity contribution in [2.75, 3.05) is 39.3 Å². The van der Waals surface area contributed by atoms with E-state index in [0.29, 0.717) is 0 Å². The van der Waals surface area contributed by atoms with Crippen LogP contribution in [0.3, 0.4) is 0 Å². The van der Waals surface area contributed by atoms with E-state index in [9.17, 15) is 9.90 Å². The molecule has 2 atom stereocenters. The maximum Gasteiger partial charge on any atom is 0.253 e. The minimum Gasteiger partial charge on any atom is -0.392 e. The summed E-state index contributed by atoms with van der Waals surface area (Å²) in [6.07, 6.45) is 4.15. The Balaban J connectivity index is 1.29. The Bertz CT molecular complexity index is 637. The fourth-order valence-electron chi connectivity index (χ4n) is 4.69. The SMILES string of the molecule is Cc1ccc(C(=O)N2CCC3(CC2)CO[C@H](CN2CC[C@@H](O)C2)C3)cc1. The van der Waals surface area contributed by atoms with E-state index >= 15 is 0 Å². The number of aliphatic hydroxyl groups is 1. The van der Waals surface area contributed by atoms with Gasteiger partial charge >= 0.3 is 0 Å². The molecule has 26 heavy (non-hydrogen) atoms. The van der Waals surface area contributed by atoms with Gasteiger partial charge in [-0.1, -0.05) is 17.7 Å². The zero-order valence-electron chi connectivity index (χ0n) is 15.7. The number of aryl methyl sites for hydroxylation is 1. The lowest BCUT2D eigenvalue weighted by Gasteiger charge is -2.38. The third kappa shape index (κ3) is 3.80. The molecule has 4 rings (SSSR count). The molecule has 5 nitrogen and oxygen atoms in total. The molecule has 0 bridgehead atoms. The minimum atomic E-state index is -0.165. The molecule has 1 N–H and O–H groups in total. The molecule has 1 spiro atoms. The lowest BCUT2D eigenvalue weighted by Crippen LogP contribution is -2.43. The van der Waals surface area contributed by atoms with Crippen LogP contribution in [0.2, 0.25) is 0 Å². The molecule has 0 saturated carbocycles. The average Bonchev–Trinajstić information content (AvgIpc) is 3.22. The number of nitrogens with zero attached hydrogens (tertiary/aromatic N) is 2. The standard InChI is InChI=1S/C21H30N2O3/c1-16-2-4-17(5-3-16)20(25)23-10-7-21(8-11-23)12-19(26-15-21)14-22-9-6-18(24)13-22/h2-5,18-19,24H,6-15H2,1H3/t18-,19+/m1/s1.